The molecular weight excluding hydrogens is 1310 g/mol. The summed E-state index contributed by atoms with van der Waals surface area (Å²) in [5, 5.41) is 5.67. The van der Waals surface area contributed by atoms with Crippen molar-refractivity contribution in [2.75, 3.05) is 101 Å². The van der Waals surface area contributed by atoms with Crippen LogP contribution >= 0.6 is 11.8 Å². The lowest BCUT2D eigenvalue weighted by atomic mass is 9.90. The van der Waals surface area contributed by atoms with E-state index >= 15 is 18.8 Å². The average Bonchev–Trinajstić information content (AvgIpc) is 1.77. The molecule has 2 aliphatic heterocycles. The van der Waals surface area contributed by atoms with Gasteiger partial charge in [-0.05, 0) is 113 Å². The average molecular weight is 1420 g/mol. The topological polar surface area (TPSA) is 293 Å². The molecule has 0 radical (unpaired) electrons. The minimum absolute atomic E-state index is 0.0141. The van der Waals surface area contributed by atoms with Crippen molar-refractivity contribution in [1.82, 2.24) is 54.7 Å². The van der Waals surface area contributed by atoms with Gasteiger partial charge in [-0.15, -0.1) is 11.8 Å². The van der Waals surface area contributed by atoms with Gasteiger partial charge in [-0.25, -0.2) is 4.39 Å². The van der Waals surface area contributed by atoms with E-state index in [0.717, 1.165) is 46.9 Å². The van der Waals surface area contributed by atoms with E-state index < -0.39 is 143 Å². The van der Waals surface area contributed by atoms with E-state index in [1.165, 1.54) is 90.7 Å². The first-order chi connectivity index (χ1) is 46.4. The Morgan fingerprint density at radius 2 is 1.35 bits per heavy atom. The van der Waals surface area contributed by atoms with Crippen molar-refractivity contribution in [3.63, 3.8) is 0 Å². The number of benzene rings is 1. The number of nitrogens with one attached hydrogen (secondary N) is 2. The number of carbonyl (C=O) groups is 12. The van der Waals surface area contributed by atoms with E-state index in [1.54, 1.807) is 6.92 Å². The lowest BCUT2D eigenvalue weighted by Crippen LogP contribution is -2.65. The number of likely N-dealkylation sites (tertiary alicyclic amines) is 2. The van der Waals surface area contributed by atoms with Crippen LogP contribution in [0.25, 0.3) is 0 Å². The van der Waals surface area contributed by atoms with E-state index in [-0.39, 0.29) is 118 Å². The number of alkyl halides is 3. The summed E-state index contributed by atoms with van der Waals surface area (Å²) in [6.45, 7) is 10.5. The van der Waals surface area contributed by atoms with Gasteiger partial charge in [0.15, 0.2) is 0 Å². The number of thioether (sulfide) groups is 1. The summed E-state index contributed by atoms with van der Waals surface area (Å²) < 4.78 is 61.8. The van der Waals surface area contributed by atoms with Crippen LogP contribution in [0.3, 0.4) is 0 Å². The molecule has 2 saturated heterocycles. The number of carbonyl (C=O) groups excluding carboxylic acids is 12. The fourth-order valence-corrected chi connectivity index (χ4v) is 14.6. The van der Waals surface area contributed by atoms with Crippen LogP contribution in [0.15, 0.2) is 18.2 Å². The highest BCUT2D eigenvalue weighted by atomic mass is 32.2. The number of primary amides is 1. The van der Waals surface area contributed by atoms with Crippen LogP contribution in [0, 0.1) is 23.6 Å². The first-order valence-electron chi connectivity index (χ1n) is 34.8. The van der Waals surface area contributed by atoms with Crippen LogP contribution in [0.2, 0.25) is 0 Å². The number of hydrogen-bond acceptors (Lipinski definition) is 14. The van der Waals surface area contributed by atoms with Gasteiger partial charge in [-0.2, -0.15) is 13.2 Å². The maximum atomic E-state index is 15.4. The molecule has 5 rings (SSSR count). The molecule has 99 heavy (non-hydrogen) atoms. The molecule has 1 aromatic carbocycles. The molecule has 4 fully saturated rings. The number of hydrogen-bond donors (Lipinski definition) is 3. The van der Waals surface area contributed by atoms with Crippen molar-refractivity contribution in [2.45, 2.75) is 211 Å². The zero-order valence-electron chi connectivity index (χ0n) is 60.4. The van der Waals surface area contributed by atoms with Gasteiger partial charge in [-0.3, -0.25) is 57.5 Å². The molecule has 1 unspecified atom stereocenters. The van der Waals surface area contributed by atoms with Crippen LogP contribution < -0.4 is 16.4 Å². The Balaban J connectivity index is 1.37. The van der Waals surface area contributed by atoms with Crippen LogP contribution in [0.1, 0.15) is 155 Å². The van der Waals surface area contributed by atoms with Gasteiger partial charge < -0.3 is 65.2 Å². The highest BCUT2D eigenvalue weighted by molar-refractivity contribution is 8.00. The predicted octanol–water partition coefficient (Wildman–Crippen LogP) is 4.30. The number of amides is 12. The first kappa shape index (κ1) is 82.6. The lowest BCUT2D eigenvalue weighted by Gasteiger charge is -2.44. The Hall–Kier alpha value is -7.11. The summed E-state index contributed by atoms with van der Waals surface area (Å²) in [5.74, 6) is -8.90. The molecule has 556 valence electrons. The van der Waals surface area contributed by atoms with Crippen LogP contribution in [0.5, 0.6) is 0 Å². The molecule has 25 nitrogen and oxygen atoms in total. The van der Waals surface area contributed by atoms with Crippen molar-refractivity contribution >= 4 is 82.6 Å². The molecule has 0 bridgehead atoms. The summed E-state index contributed by atoms with van der Waals surface area (Å²) in [7, 11) is 11.7. The van der Waals surface area contributed by atoms with E-state index in [1.807, 2.05) is 34.6 Å². The van der Waals surface area contributed by atoms with Gasteiger partial charge in [0, 0.05) is 88.3 Å². The molecule has 12 amide bonds. The normalized spacial score (nSPS) is 18.9. The molecule has 1 aromatic rings. The highest BCUT2D eigenvalue weighted by Gasteiger charge is 2.51. The van der Waals surface area contributed by atoms with Gasteiger partial charge in [-0.1, -0.05) is 72.8 Å². The summed E-state index contributed by atoms with van der Waals surface area (Å²) in [5.41, 5.74) is 2.63. The minimum Gasteiger partial charge on any atom is -0.379 e. The second-order valence-electron chi connectivity index (χ2n) is 28.1. The van der Waals surface area contributed by atoms with Crippen LogP contribution in [0.4, 0.5) is 17.6 Å². The first-order valence-corrected chi connectivity index (χ1v) is 35.9. The van der Waals surface area contributed by atoms with Gasteiger partial charge in [0.2, 0.25) is 70.9 Å². The van der Waals surface area contributed by atoms with E-state index in [2.05, 4.69) is 10.6 Å². The fraction of sp³-hybridized carbons (Fsp3) is 0.739. The molecule has 9 atom stereocenters. The molecule has 2 saturated carbocycles. The molecule has 2 aliphatic carbocycles. The van der Waals surface area contributed by atoms with Crippen molar-refractivity contribution in [2.24, 2.45) is 23.5 Å². The van der Waals surface area contributed by atoms with Crippen molar-refractivity contribution in [3.05, 3.63) is 35.1 Å². The third-order valence-corrected chi connectivity index (χ3v) is 21.1. The second-order valence-corrected chi connectivity index (χ2v) is 29.1. The summed E-state index contributed by atoms with van der Waals surface area (Å²) in [4.78, 5) is 182. The Bertz CT molecular complexity index is 3040. The van der Waals surface area contributed by atoms with Crippen molar-refractivity contribution < 1.29 is 79.8 Å². The van der Waals surface area contributed by atoms with E-state index in [4.69, 9.17) is 10.5 Å². The summed E-state index contributed by atoms with van der Waals surface area (Å²) in [6, 6.07) is -6.69. The smallest absolute Gasteiger partial charge is 0.379 e. The largest absolute Gasteiger partial charge is 0.419 e. The fourth-order valence-electron chi connectivity index (χ4n) is 13.6. The number of nitrogens with two attached hydrogens (primary N) is 1. The number of ether oxygens (including phenoxy) is 1. The standard InChI is InChI=1S/C69H108F4N12O13S/c1-15-34-98-39-53(81(12)65(95)51-29-33-85(51)61(91)44(6)79(10)56(87)36-43(5)16-2)64(94)78(9)38-55(86)75-49(28-26-45-25-27-47(48(70)37-45)69(71,72)73)62(92)84-32-21-24-50(84)60(90)76-68(30-19-20-31-68)67(97)83(14)58(46-22-17-18-23-46)66(96)82(13)54(63(93)77(7)8)40-99-41-57(88)80(11)52(59(74)89)35-42(3)4/h25,27,37,42-44,46,49-54,58H,15-24,26,28-36,38-41H2,1-14H3,(H2,74,89)(H,75,86)(H,76,90)/t43-,44-,49-,50-,51-,52-,53-,54-,58?/m0/s1. The molecule has 4 N–H and O–H groups in total. The molecule has 0 spiro atoms. The zero-order valence-corrected chi connectivity index (χ0v) is 61.2. The third-order valence-electron chi connectivity index (χ3n) is 20.1. The molecular formula is C69H108F4N12O13S. The van der Waals surface area contributed by atoms with Crippen LogP contribution in [-0.4, -0.2) is 270 Å². The van der Waals surface area contributed by atoms with Gasteiger partial charge in [0.25, 0.3) is 0 Å². The van der Waals surface area contributed by atoms with Crippen molar-refractivity contribution in [1.29, 1.82) is 0 Å². The van der Waals surface area contributed by atoms with Crippen LogP contribution in [-0.2, 0) is 74.9 Å². The number of aryl methyl sites for hydroxylation is 1. The maximum Gasteiger partial charge on any atom is 0.419 e. The Kier molecular flexibility index (Phi) is 30.9. The predicted molar refractivity (Wildman–Crippen MR) is 364 cm³/mol. The maximum absolute atomic E-state index is 15.4. The SMILES string of the molecule is CCCOC[C@@H](C(=O)N(C)CC(=O)N[C@@H](CCc1ccc(C(F)(F)F)c(F)c1)C(=O)N1CCC[C@H]1C(=O)NC1(C(=O)N(C)C(C(=O)N(C)[C@@H](CSCC(=O)N(C)[C@@H](CC(C)C)C(N)=O)C(=O)N(C)C)C2CCCC2)CCCC1)N(C)C(=O)[C@@H]1CCN1C(=O)[C@H](C)N(C)C(=O)C[C@@H](C)CC. The number of likely N-dealkylation sites (N-methyl/N-ethyl adjacent to an activating group) is 7. The zero-order chi connectivity index (χ0) is 74.1. The molecule has 30 heteroatoms. The number of rotatable bonds is 35. The van der Waals surface area contributed by atoms with E-state index in [0.29, 0.717) is 50.7 Å². The van der Waals surface area contributed by atoms with Gasteiger partial charge in [0.1, 0.15) is 59.7 Å². The summed E-state index contributed by atoms with van der Waals surface area (Å²) in [6.07, 6.45) is 1.01. The van der Waals surface area contributed by atoms with Gasteiger partial charge in [0.05, 0.1) is 24.5 Å². The Morgan fingerprint density at radius 3 is 1.91 bits per heavy atom. The number of nitrogens with zero attached hydrogens (tertiary/aromatic N) is 9. The Morgan fingerprint density at radius 1 is 0.717 bits per heavy atom. The molecule has 2 heterocycles. The van der Waals surface area contributed by atoms with Crippen molar-refractivity contribution in [3.8, 4) is 0 Å². The summed E-state index contributed by atoms with van der Waals surface area (Å²) >= 11 is 1.10. The Labute approximate surface area is 585 Å². The quantitative estimate of drug-likeness (QED) is 0.0631. The van der Waals surface area contributed by atoms with E-state index in [9.17, 15) is 56.3 Å². The van der Waals surface area contributed by atoms with Gasteiger partial charge >= 0.3 is 6.18 Å². The third kappa shape index (κ3) is 21.2. The minimum atomic E-state index is -5.01. The lowest BCUT2D eigenvalue weighted by molar-refractivity contribution is -0.160. The highest BCUT2D eigenvalue weighted by Crippen LogP contribution is 2.38. The molecule has 0 aromatic heterocycles. The number of halogens is 4. The second kappa shape index (κ2) is 37.0. The molecule has 4 aliphatic rings. The monoisotopic (exact) mass is 1420 g/mol.